The van der Waals surface area contributed by atoms with Gasteiger partial charge in [0, 0.05) is 11.6 Å². The predicted molar refractivity (Wildman–Crippen MR) is 93.1 cm³/mol. The molecule has 2 aromatic rings. The van der Waals surface area contributed by atoms with E-state index in [9.17, 15) is 23.3 Å². The van der Waals surface area contributed by atoms with Crippen molar-refractivity contribution in [1.82, 2.24) is 10.3 Å². The van der Waals surface area contributed by atoms with Crippen LogP contribution < -0.4 is 15.0 Å². The zero-order chi connectivity index (χ0) is 19.3. The molecular formula is C16H17N3O6S. The standard InChI is InChI=1S/C16H17N3O6S/c1-11(2)25-13-9-7-12(8-10-13)16(20)17-18-26(23,24)15-6-4-3-5-14(15)19(21)22/h3-11,18H,1-2H3,(H,17,20). The second-order valence-corrected chi connectivity index (χ2v) is 7.13. The minimum atomic E-state index is -4.31. The number of hydrogen-bond donors (Lipinski definition) is 2. The molecule has 0 aliphatic carbocycles. The lowest BCUT2D eigenvalue weighted by Gasteiger charge is -2.11. The number of benzene rings is 2. The highest BCUT2D eigenvalue weighted by Gasteiger charge is 2.25. The number of nitro groups is 1. The van der Waals surface area contributed by atoms with Crippen molar-refractivity contribution < 1.29 is 22.9 Å². The molecule has 0 saturated carbocycles. The number of amides is 1. The third-order valence-electron chi connectivity index (χ3n) is 3.14. The molecule has 2 N–H and O–H groups in total. The predicted octanol–water partition coefficient (Wildman–Crippen LogP) is 2.01. The zero-order valence-electron chi connectivity index (χ0n) is 14.0. The van der Waals surface area contributed by atoms with Crippen molar-refractivity contribution in [2.75, 3.05) is 0 Å². The third-order valence-corrected chi connectivity index (χ3v) is 4.43. The lowest BCUT2D eigenvalue weighted by molar-refractivity contribution is -0.387. The van der Waals surface area contributed by atoms with Gasteiger partial charge in [-0.2, -0.15) is 0 Å². The summed E-state index contributed by atoms with van der Waals surface area (Å²) in [4.78, 5) is 23.5. The van der Waals surface area contributed by atoms with E-state index in [2.05, 4.69) is 0 Å². The Kier molecular flexibility index (Phi) is 5.90. The molecule has 0 atom stereocenters. The van der Waals surface area contributed by atoms with E-state index in [4.69, 9.17) is 4.74 Å². The molecule has 0 heterocycles. The first-order valence-electron chi connectivity index (χ1n) is 7.53. The molecule has 10 heteroatoms. The van der Waals surface area contributed by atoms with Gasteiger partial charge in [-0.15, -0.1) is 4.83 Å². The Morgan fingerprint density at radius 2 is 1.73 bits per heavy atom. The average molecular weight is 379 g/mol. The summed E-state index contributed by atoms with van der Waals surface area (Å²) < 4.78 is 29.9. The minimum absolute atomic E-state index is 0.0249. The van der Waals surface area contributed by atoms with Crippen LogP contribution in [0.15, 0.2) is 53.4 Å². The Balaban J connectivity index is 2.10. The van der Waals surface area contributed by atoms with Gasteiger partial charge in [-0.05, 0) is 44.2 Å². The number of carbonyl (C=O) groups excluding carboxylic acids is 1. The lowest BCUT2D eigenvalue weighted by atomic mass is 10.2. The molecule has 0 fully saturated rings. The van der Waals surface area contributed by atoms with Crippen molar-refractivity contribution in [3.8, 4) is 5.75 Å². The van der Waals surface area contributed by atoms with Crippen molar-refractivity contribution in [3.63, 3.8) is 0 Å². The Bertz CT molecular complexity index is 910. The maximum atomic E-state index is 12.2. The maximum absolute atomic E-state index is 12.2. The first-order chi connectivity index (χ1) is 12.2. The lowest BCUT2D eigenvalue weighted by Crippen LogP contribution is -2.41. The topological polar surface area (TPSA) is 128 Å². The summed E-state index contributed by atoms with van der Waals surface area (Å²) in [6.45, 7) is 3.72. The fraction of sp³-hybridized carbons (Fsp3) is 0.188. The van der Waals surface area contributed by atoms with E-state index < -0.39 is 31.4 Å². The molecule has 9 nitrogen and oxygen atoms in total. The number of ether oxygens (including phenoxy) is 1. The van der Waals surface area contributed by atoms with E-state index in [0.29, 0.717) is 5.75 Å². The van der Waals surface area contributed by atoms with Crippen LogP contribution in [-0.2, 0) is 10.0 Å². The fourth-order valence-electron chi connectivity index (χ4n) is 2.03. The van der Waals surface area contributed by atoms with Crippen LogP contribution in [0.25, 0.3) is 0 Å². The van der Waals surface area contributed by atoms with Gasteiger partial charge in [-0.25, -0.2) is 8.42 Å². The van der Waals surface area contributed by atoms with Crippen LogP contribution in [0, 0.1) is 10.1 Å². The molecule has 0 spiro atoms. The number of rotatable bonds is 7. The van der Waals surface area contributed by atoms with E-state index in [0.717, 1.165) is 12.1 Å². The second-order valence-electron chi connectivity index (χ2n) is 5.48. The second kappa shape index (κ2) is 7.93. The summed E-state index contributed by atoms with van der Waals surface area (Å²) in [5.41, 5.74) is 1.62. The Hall–Kier alpha value is -2.98. The Morgan fingerprint density at radius 3 is 2.31 bits per heavy atom. The van der Waals surface area contributed by atoms with Gasteiger partial charge in [-0.1, -0.05) is 12.1 Å². The molecule has 138 valence electrons. The van der Waals surface area contributed by atoms with E-state index in [1.54, 1.807) is 12.1 Å². The maximum Gasteiger partial charge on any atom is 0.289 e. The third kappa shape index (κ3) is 4.77. The van der Waals surface area contributed by atoms with Gasteiger partial charge in [0.2, 0.25) is 0 Å². The van der Waals surface area contributed by atoms with Crippen LogP contribution in [0.4, 0.5) is 5.69 Å². The number of hydrogen-bond acceptors (Lipinski definition) is 6. The molecule has 0 bridgehead atoms. The molecule has 0 unspecified atom stereocenters. The van der Waals surface area contributed by atoms with E-state index in [-0.39, 0.29) is 11.7 Å². The van der Waals surface area contributed by atoms with Gasteiger partial charge in [0.05, 0.1) is 11.0 Å². The normalized spacial score (nSPS) is 11.2. The molecule has 2 rings (SSSR count). The van der Waals surface area contributed by atoms with Crippen LogP contribution in [-0.4, -0.2) is 25.4 Å². The molecule has 1 amide bonds. The van der Waals surface area contributed by atoms with Crippen LogP contribution in [0.2, 0.25) is 0 Å². The van der Waals surface area contributed by atoms with E-state index >= 15 is 0 Å². The minimum Gasteiger partial charge on any atom is -0.491 e. The van der Waals surface area contributed by atoms with Gasteiger partial charge in [-0.3, -0.25) is 20.3 Å². The highest BCUT2D eigenvalue weighted by molar-refractivity contribution is 7.89. The smallest absolute Gasteiger partial charge is 0.289 e. The van der Waals surface area contributed by atoms with Crippen molar-refractivity contribution in [3.05, 3.63) is 64.2 Å². The summed E-state index contributed by atoms with van der Waals surface area (Å²) in [6.07, 6.45) is -0.0249. The molecule has 0 aliphatic heterocycles. The number of nitrogens with one attached hydrogen (secondary N) is 2. The van der Waals surface area contributed by atoms with Gasteiger partial charge in [0.25, 0.3) is 21.6 Å². The molecular weight excluding hydrogens is 362 g/mol. The van der Waals surface area contributed by atoms with E-state index in [1.165, 1.54) is 24.3 Å². The van der Waals surface area contributed by atoms with Crippen LogP contribution in [0.1, 0.15) is 24.2 Å². The number of sulfonamides is 1. The summed E-state index contributed by atoms with van der Waals surface area (Å²) in [7, 11) is -4.31. The molecule has 2 aromatic carbocycles. The molecule has 0 radical (unpaired) electrons. The quantitative estimate of drug-likeness (QED) is 0.559. The highest BCUT2D eigenvalue weighted by Crippen LogP contribution is 2.22. The summed E-state index contributed by atoms with van der Waals surface area (Å²) in [5.74, 6) is -0.153. The average Bonchev–Trinajstić information content (AvgIpc) is 2.60. The summed E-state index contributed by atoms with van der Waals surface area (Å²) in [5, 5.41) is 11.0. The number of carbonyl (C=O) groups is 1. The van der Waals surface area contributed by atoms with E-state index in [1.807, 2.05) is 24.1 Å². The monoisotopic (exact) mass is 379 g/mol. The number of nitrogens with zero attached hydrogens (tertiary/aromatic N) is 1. The van der Waals surface area contributed by atoms with Crippen LogP contribution in [0.3, 0.4) is 0 Å². The van der Waals surface area contributed by atoms with Crippen LogP contribution >= 0.6 is 0 Å². The largest absolute Gasteiger partial charge is 0.491 e. The summed E-state index contributed by atoms with van der Waals surface area (Å²) in [6, 6.07) is 10.9. The first-order valence-corrected chi connectivity index (χ1v) is 9.01. The molecule has 0 aromatic heterocycles. The number of hydrazine groups is 1. The van der Waals surface area contributed by atoms with Gasteiger partial charge in [0.15, 0.2) is 4.90 Å². The van der Waals surface area contributed by atoms with Crippen molar-refractivity contribution in [2.24, 2.45) is 0 Å². The van der Waals surface area contributed by atoms with Crippen LogP contribution in [0.5, 0.6) is 5.75 Å². The number of para-hydroxylation sites is 1. The zero-order valence-corrected chi connectivity index (χ0v) is 14.8. The Labute approximate surface area is 150 Å². The summed E-state index contributed by atoms with van der Waals surface area (Å²) >= 11 is 0. The van der Waals surface area contributed by atoms with Crippen molar-refractivity contribution in [1.29, 1.82) is 0 Å². The van der Waals surface area contributed by atoms with Gasteiger partial charge in [0.1, 0.15) is 5.75 Å². The van der Waals surface area contributed by atoms with Crippen molar-refractivity contribution in [2.45, 2.75) is 24.8 Å². The molecule has 26 heavy (non-hydrogen) atoms. The first kappa shape index (κ1) is 19.3. The van der Waals surface area contributed by atoms with Crippen molar-refractivity contribution >= 4 is 21.6 Å². The molecule has 0 aliphatic rings. The number of nitro benzene ring substituents is 1. The fourth-order valence-corrected chi connectivity index (χ4v) is 3.05. The highest BCUT2D eigenvalue weighted by atomic mass is 32.2. The van der Waals surface area contributed by atoms with Gasteiger partial charge >= 0.3 is 0 Å². The van der Waals surface area contributed by atoms with Gasteiger partial charge < -0.3 is 4.74 Å². The SMILES string of the molecule is CC(C)Oc1ccc(C(=O)NNS(=O)(=O)c2ccccc2[N+](=O)[O-])cc1. The Morgan fingerprint density at radius 1 is 1.12 bits per heavy atom. The molecule has 0 saturated heterocycles.